The number of ether oxygens (including phenoxy) is 1. The molecule has 1 atom stereocenters. The summed E-state index contributed by atoms with van der Waals surface area (Å²) < 4.78 is 4.58. The number of anilines is 1. The van der Waals surface area contributed by atoms with Gasteiger partial charge in [0.25, 0.3) is 0 Å². The molecule has 0 radical (unpaired) electrons. The molecule has 0 aromatic heterocycles. The van der Waals surface area contributed by atoms with Crippen molar-refractivity contribution in [2.75, 3.05) is 51.3 Å². The van der Waals surface area contributed by atoms with Crippen LogP contribution in [0, 0.1) is 0 Å². The van der Waals surface area contributed by atoms with Crippen molar-refractivity contribution < 1.29 is 9.53 Å². The van der Waals surface area contributed by atoms with Crippen LogP contribution in [0.3, 0.4) is 0 Å². The van der Waals surface area contributed by atoms with E-state index in [1.165, 1.54) is 24.1 Å². The van der Waals surface area contributed by atoms with E-state index >= 15 is 0 Å². The Morgan fingerprint density at radius 1 is 1.27 bits per heavy atom. The number of alkyl carbamates (subject to hydrolysis) is 1. The molecule has 1 aliphatic heterocycles. The maximum Gasteiger partial charge on any atom is 0.406 e. The number of rotatable bonds is 8. The lowest BCUT2D eigenvalue weighted by molar-refractivity contribution is 0.170. The van der Waals surface area contributed by atoms with Crippen LogP contribution >= 0.6 is 24.2 Å². The van der Waals surface area contributed by atoms with Crippen LogP contribution in [-0.2, 0) is 4.74 Å². The van der Waals surface area contributed by atoms with E-state index in [-0.39, 0.29) is 18.5 Å². The van der Waals surface area contributed by atoms with Gasteiger partial charge < -0.3 is 15.0 Å². The van der Waals surface area contributed by atoms with Gasteiger partial charge in [-0.15, -0.1) is 24.2 Å². The fourth-order valence-electron chi connectivity index (χ4n) is 2.90. The molecule has 0 aliphatic carbocycles. The molecule has 0 saturated carbocycles. The van der Waals surface area contributed by atoms with Crippen LogP contribution in [0.2, 0.25) is 0 Å². The minimum absolute atomic E-state index is 0. The van der Waals surface area contributed by atoms with E-state index in [9.17, 15) is 4.79 Å². The van der Waals surface area contributed by atoms with Crippen molar-refractivity contribution in [3.8, 4) is 0 Å². The number of hydrogen-bond acceptors (Lipinski definition) is 5. The lowest BCUT2D eigenvalue weighted by Gasteiger charge is -2.37. The van der Waals surface area contributed by atoms with Crippen LogP contribution < -0.4 is 10.2 Å². The third-order valence-corrected chi connectivity index (χ3v) is 5.92. The number of halogens is 1. The van der Waals surface area contributed by atoms with Crippen molar-refractivity contribution in [3.05, 3.63) is 24.3 Å². The van der Waals surface area contributed by atoms with E-state index in [0.29, 0.717) is 11.8 Å². The Labute approximate surface area is 168 Å². The maximum absolute atomic E-state index is 11.0. The van der Waals surface area contributed by atoms with Crippen molar-refractivity contribution in [2.45, 2.75) is 36.8 Å². The Balaban J connectivity index is 0.00000338. The molecule has 1 heterocycles. The Bertz CT molecular complexity index is 539. The van der Waals surface area contributed by atoms with Gasteiger partial charge in [0.05, 0.1) is 12.8 Å². The molecular formula is C19H32ClN3O2S. The van der Waals surface area contributed by atoms with E-state index in [0.717, 1.165) is 39.1 Å². The first-order valence-corrected chi connectivity index (χ1v) is 10.1. The first-order valence-electron chi connectivity index (χ1n) is 9.18. The van der Waals surface area contributed by atoms with Crippen LogP contribution in [0.25, 0.3) is 0 Å². The topological polar surface area (TPSA) is 44.8 Å². The molecule has 2 rings (SSSR count). The van der Waals surface area contributed by atoms with E-state index in [1.807, 2.05) is 11.8 Å². The summed E-state index contributed by atoms with van der Waals surface area (Å²) in [5, 5.41) is 3.38. The fourth-order valence-corrected chi connectivity index (χ4v) is 3.97. The normalized spacial score (nSPS) is 15.9. The zero-order valence-electron chi connectivity index (χ0n) is 16.1. The molecule has 7 heteroatoms. The number of nitrogens with zero attached hydrogens (tertiary/aromatic N) is 2. The van der Waals surface area contributed by atoms with Crippen molar-refractivity contribution in [3.63, 3.8) is 0 Å². The maximum atomic E-state index is 11.0. The Hall–Kier alpha value is -1.11. The third kappa shape index (κ3) is 7.25. The average molecular weight is 402 g/mol. The molecule has 1 aromatic rings. The summed E-state index contributed by atoms with van der Waals surface area (Å²) >= 11 is 1.98. The number of carbonyl (C=O) groups is 1. The first kappa shape index (κ1) is 22.9. The first-order chi connectivity index (χ1) is 12.1. The van der Waals surface area contributed by atoms with E-state index in [1.54, 1.807) is 0 Å². The third-order valence-electron chi connectivity index (χ3n) is 4.59. The SMILES string of the molecule is CCC(C)Sc1ccccc1N1CCN(CCCNC(=O)OC)CC1.Cl. The van der Waals surface area contributed by atoms with Gasteiger partial charge in [0.2, 0.25) is 0 Å². The molecule has 0 bridgehead atoms. The molecule has 1 N–H and O–H groups in total. The second-order valence-electron chi connectivity index (χ2n) is 6.41. The number of benzene rings is 1. The second kappa shape index (κ2) is 12.3. The summed E-state index contributed by atoms with van der Waals surface area (Å²) in [5.41, 5.74) is 1.37. The average Bonchev–Trinajstić information content (AvgIpc) is 2.66. The molecule has 26 heavy (non-hydrogen) atoms. The molecule has 1 unspecified atom stereocenters. The summed E-state index contributed by atoms with van der Waals surface area (Å²) in [6, 6.07) is 8.78. The summed E-state index contributed by atoms with van der Waals surface area (Å²) in [6.07, 6.45) is 1.79. The summed E-state index contributed by atoms with van der Waals surface area (Å²) in [4.78, 5) is 17.4. The van der Waals surface area contributed by atoms with Crippen molar-refractivity contribution in [1.29, 1.82) is 0 Å². The minimum atomic E-state index is -0.347. The summed E-state index contributed by atoms with van der Waals surface area (Å²) in [6.45, 7) is 10.5. The smallest absolute Gasteiger partial charge is 0.406 e. The Kier molecular flexibility index (Phi) is 10.9. The van der Waals surface area contributed by atoms with Crippen molar-refractivity contribution in [2.24, 2.45) is 0 Å². The zero-order valence-corrected chi connectivity index (χ0v) is 17.7. The number of para-hydroxylation sites is 1. The zero-order chi connectivity index (χ0) is 18.1. The van der Waals surface area contributed by atoms with E-state index in [2.05, 4.69) is 58.0 Å². The van der Waals surface area contributed by atoms with Gasteiger partial charge in [-0.2, -0.15) is 0 Å². The van der Waals surface area contributed by atoms with Crippen LogP contribution in [0.15, 0.2) is 29.2 Å². The molecule has 1 aliphatic rings. The van der Waals surface area contributed by atoms with Gasteiger partial charge in [-0.3, -0.25) is 4.90 Å². The number of amides is 1. The number of piperazine rings is 1. The molecule has 1 fully saturated rings. The summed E-state index contributed by atoms with van der Waals surface area (Å²) in [7, 11) is 1.39. The van der Waals surface area contributed by atoms with Crippen LogP contribution in [0.5, 0.6) is 0 Å². The van der Waals surface area contributed by atoms with Gasteiger partial charge in [-0.05, 0) is 31.5 Å². The quantitative estimate of drug-likeness (QED) is 0.529. The molecule has 148 valence electrons. The van der Waals surface area contributed by atoms with Crippen molar-refractivity contribution in [1.82, 2.24) is 10.2 Å². The number of methoxy groups -OCH3 is 1. The second-order valence-corrected chi connectivity index (χ2v) is 7.89. The highest BCUT2D eigenvalue weighted by atomic mass is 35.5. The fraction of sp³-hybridized carbons (Fsp3) is 0.632. The number of nitrogens with one attached hydrogen (secondary N) is 1. The monoisotopic (exact) mass is 401 g/mol. The highest BCUT2D eigenvalue weighted by molar-refractivity contribution is 8.00. The van der Waals surface area contributed by atoms with Gasteiger partial charge in [0.15, 0.2) is 0 Å². The Morgan fingerprint density at radius 3 is 2.62 bits per heavy atom. The molecule has 1 saturated heterocycles. The minimum Gasteiger partial charge on any atom is -0.453 e. The largest absolute Gasteiger partial charge is 0.453 e. The predicted molar refractivity (Wildman–Crippen MR) is 113 cm³/mol. The van der Waals surface area contributed by atoms with Gasteiger partial charge in [-0.1, -0.05) is 26.0 Å². The summed E-state index contributed by atoms with van der Waals surface area (Å²) in [5.74, 6) is 0. The molecule has 5 nitrogen and oxygen atoms in total. The van der Waals surface area contributed by atoms with Crippen molar-refractivity contribution >= 4 is 35.9 Å². The highest BCUT2D eigenvalue weighted by Crippen LogP contribution is 2.34. The van der Waals surface area contributed by atoms with E-state index < -0.39 is 0 Å². The molecule has 0 spiro atoms. The van der Waals surface area contributed by atoms with Gasteiger partial charge in [0.1, 0.15) is 0 Å². The van der Waals surface area contributed by atoms with Crippen LogP contribution in [0.4, 0.5) is 10.5 Å². The van der Waals surface area contributed by atoms with E-state index in [4.69, 9.17) is 0 Å². The number of hydrogen-bond donors (Lipinski definition) is 1. The lowest BCUT2D eigenvalue weighted by atomic mass is 10.2. The highest BCUT2D eigenvalue weighted by Gasteiger charge is 2.19. The van der Waals surface area contributed by atoms with Gasteiger partial charge in [-0.25, -0.2) is 4.79 Å². The van der Waals surface area contributed by atoms with Gasteiger partial charge >= 0.3 is 6.09 Å². The molecule has 1 aromatic carbocycles. The standard InChI is InChI=1S/C19H31N3O2S.ClH/c1-4-16(2)25-18-9-6-5-8-17(18)22-14-12-21(13-15-22)11-7-10-20-19(23)24-3;/h5-6,8-9,16H,4,7,10-15H2,1-3H3,(H,20,23);1H. The molecule has 1 amide bonds. The lowest BCUT2D eigenvalue weighted by Crippen LogP contribution is -2.47. The van der Waals surface area contributed by atoms with Crippen LogP contribution in [-0.4, -0.2) is 62.6 Å². The van der Waals surface area contributed by atoms with Gasteiger partial charge in [0, 0.05) is 42.9 Å². The number of carbonyl (C=O) groups excluding carboxylic acids is 1. The van der Waals surface area contributed by atoms with Crippen LogP contribution in [0.1, 0.15) is 26.7 Å². The molecular weight excluding hydrogens is 370 g/mol. The number of thioether (sulfide) groups is 1. The predicted octanol–water partition coefficient (Wildman–Crippen LogP) is 3.87. The Morgan fingerprint density at radius 2 is 1.96 bits per heavy atom.